The van der Waals surface area contributed by atoms with Crippen LogP contribution in [-0.2, 0) is 10.0 Å². The number of sulfonamides is 1. The van der Waals surface area contributed by atoms with E-state index >= 15 is 0 Å². The molecule has 28 heavy (non-hydrogen) atoms. The quantitative estimate of drug-likeness (QED) is 0.583. The van der Waals surface area contributed by atoms with Gasteiger partial charge in [0.1, 0.15) is 10.6 Å². The lowest BCUT2D eigenvalue weighted by Crippen LogP contribution is -2.27. The molecule has 148 valence electrons. The molecule has 0 saturated carbocycles. The second kappa shape index (κ2) is 7.85. The van der Waals surface area contributed by atoms with E-state index in [4.69, 9.17) is 4.74 Å². The fourth-order valence-electron chi connectivity index (χ4n) is 2.98. The zero-order valence-corrected chi connectivity index (χ0v) is 15.9. The first-order chi connectivity index (χ1) is 13.3. The Bertz CT molecular complexity index is 998. The van der Waals surface area contributed by atoms with Gasteiger partial charge >= 0.3 is 0 Å². The van der Waals surface area contributed by atoms with Crippen LogP contribution in [0.5, 0.6) is 5.75 Å². The van der Waals surface area contributed by atoms with Crippen LogP contribution in [0.3, 0.4) is 0 Å². The summed E-state index contributed by atoms with van der Waals surface area (Å²) in [6.45, 7) is 1.44. The molecule has 0 unspecified atom stereocenters. The van der Waals surface area contributed by atoms with Crippen molar-refractivity contribution in [3.8, 4) is 5.75 Å². The van der Waals surface area contributed by atoms with Crippen LogP contribution in [0.1, 0.15) is 23.2 Å². The number of ether oxygens (including phenoxy) is 1. The van der Waals surface area contributed by atoms with E-state index in [9.17, 15) is 23.3 Å². The highest BCUT2D eigenvalue weighted by Crippen LogP contribution is 2.29. The molecule has 0 bridgehead atoms. The van der Waals surface area contributed by atoms with Crippen LogP contribution in [-0.4, -0.2) is 44.3 Å². The zero-order valence-electron chi connectivity index (χ0n) is 15.1. The van der Waals surface area contributed by atoms with Gasteiger partial charge in [0.05, 0.1) is 12.0 Å². The van der Waals surface area contributed by atoms with Crippen LogP contribution in [0.15, 0.2) is 47.4 Å². The lowest BCUT2D eigenvalue weighted by Gasteiger charge is -2.15. The van der Waals surface area contributed by atoms with Crippen molar-refractivity contribution < 1.29 is 22.9 Å². The summed E-state index contributed by atoms with van der Waals surface area (Å²) in [6.07, 6.45) is 1.96. The summed E-state index contributed by atoms with van der Waals surface area (Å²) in [6, 6.07) is 9.37. The molecule has 0 aromatic heterocycles. The zero-order chi connectivity index (χ0) is 20.3. The Morgan fingerprint density at radius 3 is 2.36 bits per heavy atom. The van der Waals surface area contributed by atoms with Gasteiger partial charge < -0.3 is 9.64 Å². The number of non-ortho nitro benzene ring substituents is 1. The topological polar surface area (TPSA) is 119 Å². The van der Waals surface area contributed by atoms with Gasteiger partial charge in [-0.1, -0.05) is 0 Å². The molecular formula is C18H19N3O6S. The highest BCUT2D eigenvalue weighted by molar-refractivity contribution is 7.92. The summed E-state index contributed by atoms with van der Waals surface area (Å²) in [4.78, 5) is 24.0. The van der Waals surface area contributed by atoms with Gasteiger partial charge in [-0.05, 0) is 43.2 Å². The van der Waals surface area contributed by atoms with Crippen molar-refractivity contribution in [2.45, 2.75) is 17.7 Å². The monoisotopic (exact) mass is 405 g/mol. The van der Waals surface area contributed by atoms with E-state index in [1.807, 2.05) is 0 Å². The summed E-state index contributed by atoms with van der Waals surface area (Å²) in [5.74, 6) is -0.105. The highest BCUT2D eigenvalue weighted by Gasteiger charge is 2.24. The Kier molecular flexibility index (Phi) is 5.50. The maximum absolute atomic E-state index is 12.7. The van der Waals surface area contributed by atoms with Crippen LogP contribution >= 0.6 is 0 Å². The smallest absolute Gasteiger partial charge is 0.271 e. The van der Waals surface area contributed by atoms with Crippen molar-refractivity contribution in [2.24, 2.45) is 0 Å². The molecule has 10 heteroatoms. The summed E-state index contributed by atoms with van der Waals surface area (Å²) in [5.41, 5.74) is 0.331. The van der Waals surface area contributed by atoms with E-state index < -0.39 is 14.9 Å². The molecule has 0 radical (unpaired) electrons. The normalized spacial score (nSPS) is 14.0. The number of hydrogen-bond donors (Lipinski definition) is 1. The largest absolute Gasteiger partial charge is 0.495 e. The third-order valence-corrected chi connectivity index (χ3v) is 5.83. The Hall–Kier alpha value is -3.14. The van der Waals surface area contributed by atoms with Crippen molar-refractivity contribution >= 4 is 27.3 Å². The number of rotatable bonds is 6. The Morgan fingerprint density at radius 1 is 1.14 bits per heavy atom. The van der Waals surface area contributed by atoms with Gasteiger partial charge in [0.25, 0.3) is 21.6 Å². The Morgan fingerprint density at radius 2 is 1.79 bits per heavy atom. The first-order valence-corrected chi connectivity index (χ1v) is 10.0. The minimum absolute atomic E-state index is 0.0149. The van der Waals surface area contributed by atoms with Gasteiger partial charge in [-0.15, -0.1) is 0 Å². The Labute approximate surface area is 162 Å². The van der Waals surface area contributed by atoms with Gasteiger partial charge in [0, 0.05) is 36.5 Å². The summed E-state index contributed by atoms with van der Waals surface area (Å²) >= 11 is 0. The van der Waals surface area contributed by atoms with Crippen molar-refractivity contribution in [3.63, 3.8) is 0 Å². The van der Waals surface area contributed by atoms with Gasteiger partial charge in [0.2, 0.25) is 0 Å². The molecular weight excluding hydrogens is 386 g/mol. The van der Waals surface area contributed by atoms with E-state index in [1.165, 1.54) is 25.3 Å². The van der Waals surface area contributed by atoms with Gasteiger partial charge in [0.15, 0.2) is 0 Å². The SMILES string of the molecule is COc1ccc([N+](=O)[O-])cc1S(=O)(=O)Nc1ccc(C(=O)N2CCCC2)cc1. The lowest BCUT2D eigenvalue weighted by molar-refractivity contribution is -0.385. The average Bonchev–Trinajstić information content (AvgIpc) is 3.22. The number of hydrogen-bond acceptors (Lipinski definition) is 6. The summed E-state index contributed by atoms with van der Waals surface area (Å²) < 4.78 is 32.8. The van der Waals surface area contributed by atoms with E-state index in [-0.39, 0.29) is 27.9 Å². The number of nitro groups is 1. The number of amides is 1. The van der Waals surface area contributed by atoms with Gasteiger partial charge in [-0.25, -0.2) is 8.42 Å². The number of likely N-dealkylation sites (tertiary alicyclic amines) is 1. The van der Waals surface area contributed by atoms with Gasteiger partial charge in [-0.2, -0.15) is 0 Å². The first-order valence-electron chi connectivity index (χ1n) is 8.56. The number of anilines is 1. The second-order valence-corrected chi connectivity index (χ2v) is 7.93. The molecule has 2 aromatic carbocycles. The minimum atomic E-state index is -4.14. The molecule has 3 rings (SSSR count). The number of methoxy groups -OCH3 is 1. The highest BCUT2D eigenvalue weighted by atomic mass is 32.2. The first kappa shape index (κ1) is 19.6. The van der Waals surface area contributed by atoms with Gasteiger partial charge in [-0.3, -0.25) is 19.6 Å². The molecule has 1 aliphatic rings. The van der Waals surface area contributed by atoms with E-state index in [2.05, 4.69) is 4.72 Å². The number of nitrogens with one attached hydrogen (secondary N) is 1. The molecule has 0 atom stereocenters. The van der Waals surface area contributed by atoms with Crippen molar-refractivity contribution in [3.05, 3.63) is 58.1 Å². The van der Waals surface area contributed by atoms with E-state index in [0.717, 1.165) is 38.1 Å². The lowest BCUT2D eigenvalue weighted by atomic mass is 10.2. The van der Waals surface area contributed by atoms with Crippen LogP contribution in [0.4, 0.5) is 11.4 Å². The fraction of sp³-hybridized carbons (Fsp3) is 0.278. The average molecular weight is 405 g/mol. The number of nitro benzene ring substituents is 1. The third kappa shape index (κ3) is 4.06. The number of carbonyl (C=O) groups is 1. The maximum Gasteiger partial charge on any atom is 0.271 e. The van der Waals surface area contributed by atoms with Crippen LogP contribution in [0.25, 0.3) is 0 Å². The molecule has 9 nitrogen and oxygen atoms in total. The van der Waals surface area contributed by atoms with Crippen molar-refractivity contribution in [1.82, 2.24) is 4.90 Å². The standard InChI is InChI=1S/C18H19N3O6S/c1-27-16-9-8-15(21(23)24)12-17(16)28(25,26)19-14-6-4-13(5-7-14)18(22)20-10-2-3-11-20/h4-9,12,19H,2-3,10-11H2,1H3. The summed E-state index contributed by atoms with van der Waals surface area (Å²) in [5, 5.41) is 11.0. The molecule has 1 fully saturated rings. The minimum Gasteiger partial charge on any atom is -0.495 e. The number of carbonyl (C=O) groups excluding carboxylic acids is 1. The molecule has 1 saturated heterocycles. The molecule has 1 heterocycles. The second-order valence-electron chi connectivity index (χ2n) is 6.27. The Balaban J connectivity index is 1.83. The third-order valence-electron chi connectivity index (χ3n) is 4.42. The van der Waals surface area contributed by atoms with Crippen LogP contribution < -0.4 is 9.46 Å². The van der Waals surface area contributed by atoms with Crippen molar-refractivity contribution in [1.29, 1.82) is 0 Å². The molecule has 1 N–H and O–H groups in total. The van der Waals surface area contributed by atoms with Crippen molar-refractivity contribution in [2.75, 3.05) is 24.9 Å². The number of nitrogens with zero attached hydrogens (tertiary/aromatic N) is 2. The molecule has 0 aliphatic carbocycles. The maximum atomic E-state index is 12.7. The predicted octanol–water partition coefficient (Wildman–Crippen LogP) is 2.64. The molecule has 0 spiro atoms. The summed E-state index contributed by atoms with van der Waals surface area (Å²) in [7, 11) is -2.86. The van der Waals surface area contributed by atoms with E-state index in [1.54, 1.807) is 17.0 Å². The molecule has 1 aliphatic heterocycles. The predicted molar refractivity (Wildman–Crippen MR) is 102 cm³/mol. The number of benzene rings is 2. The van der Waals surface area contributed by atoms with Crippen LogP contribution in [0.2, 0.25) is 0 Å². The van der Waals surface area contributed by atoms with Crippen LogP contribution in [0, 0.1) is 10.1 Å². The van der Waals surface area contributed by atoms with E-state index in [0.29, 0.717) is 5.56 Å². The molecule has 1 amide bonds. The fourth-order valence-corrected chi connectivity index (χ4v) is 4.23. The molecule has 2 aromatic rings.